The van der Waals surface area contributed by atoms with Crippen molar-refractivity contribution in [3.63, 3.8) is 0 Å². The Kier molecular flexibility index (Phi) is 4.38. The van der Waals surface area contributed by atoms with Gasteiger partial charge in [-0.25, -0.2) is 0 Å². The molecule has 0 aromatic heterocycles. The van der Waals surface area contributed by atoms with Gasteiger partial charge in [0.2, 0.25) is 0 Å². The van der Waals surface area contributed by atoms with Gasteiger partial charge in [-0.3, -0.25) is 0 Å². The Balaban J connectivity index is 2.35. The van der Waals surface area contributed by atoms with Crippen molar-refractivity contribution < 1.29 is 4.74 Å². The van der Waals surface area contributed by atoms with Crippen LogP contribution in [0.4, 0.5) is 0 Å². The predicted octanol–water partition coefficient (Wildman–Crippen LogP) is 3.85. The van der Waals surface area contributed by atoms with Gasteiger partial charge in [-0.1, -0.05) is 32.9 Å². The quantitative estimate of drug-likeness (QED) is 0.771. The molecule has 1 aromatic carbocycles. The van der Waals surface area contributed by atoms with Crippen LogP contribution in [0, 0.1) is 8.99 Å². The summed E-state index contributed by atoms with van der Waals surface area (Å²) < 4.78 is 6.89. The molecular weight excluding hydrogens is 287 g/mol. The van der Waals surface area contributed by atoms with Crippen LogP contribution < -0.4 is 0 Å². The zero-order valence-electron chi connectivity index (χ0n) is 9.01. The average molecular weight is 304 g/mol. The summed E-state index contributed by atoms with van der Waals surface area (Å²) >= 11 is 2.31. The minimum absolute atomic E-state index is 0.253. The third-order valence-corrected chi connectivity index (χ3v) is 2.44. The molecular formula is C12H17IO. The third-order valence-electron chi connectivity index (χ3n) is 1.72. The Bertz CT molecular complexity index is 271. The maximum atomic E-state index is 5.62. The Morgan fingerprint density at radius 2 is 1.71 bits per heavy atom. The number of benzene rings is 1. The van der Waals surface area contributed by atoms with Crippen LogP contribution in [0.2, 0.25) is 0 Å². The molecule has 1 aromatic rings. The summed E-state index contributed by atoms with van der Waals surface area (Å²) in [5.74, 6) is 0. The lowest BCUT2D eigenvalue weighted by molar-refractivity contribution is 0.0599. The van der Waals surface area contributed by atoms with Gasteiger partial charge >= 0.3 is 0 Å². The fraction of sp³-hybridized carbons (Fsp3) is 0.500. The predicted molar refractivity (Wildman–Crippen MR) is 68.3 cm³/mol. The standard InChI is InChI=1S/C12H17IO/c1-12(2,3)9-14-8-10-4-6-11(13)7-5-10/h4-7H,8-9H2,1-3H3. The average Bonchev–Trinajstić information content (AvgIpc) is 2.06. The highest BCUT2D eigenvalue weighted by molar-refractivity contribution is 14.1. The first kappa shape index (κ1) is 12.0. The topological polar surface area (TPSA) is 9.23 Å². The van der Waals surface area contributed by atoms with Gasteiger partial charge in [-0.05, 0) is 45.7 Å². The molecule has 0 saturated carbocycles. The van der Waals surface area contributed by atoms with Crippen LogP contribution in [0.5, 0.6) is 0 Å². The van der Waals surface area contributed by atoms with E-state index < -0.39 is 0 Å². The molecule has 2 heteroatoms. The minimum Gasteiger partial charge on any atom is -0.376 e. The summed E-state index contributed by atoms with van der Waals surface area (Å²) in [4.78, 5) is 0. The van der Waals surface area contributed by atoms with E-state index in [1.165, 1.54) is 9.13 Å². The van der Waals surface area contributed by atoms with Gasteiger partial charge in [0.05, 0.1) is 13.2 Å². The summed E-state index contributed by atoms with van der Waals surface area (Å²) in [6, 6.07) is 8.45. The Morgan fingerprint density at radius 1 is 1.14 bits per heavy atom. The zero-order valence-corrected chi connectivity index (χ0v) is 11.2. The summed E-state index contributed by atoms with van der Waals surface area (Å²) in [7, 11) is 0. The summed E-state index contributed by atoms with van der Waals surface area (Å²) in [5, 5.41) is 0. The van der Waals surface area contributed by atoms with Crippen LogP contribution in [0.15, 0.2) is 24.3 Å². The van der Waals surface area contributed by atoms with Crippen molar-refractivity contribution in [2.45, 2.75) is 27.4 Å². The van der Waals surface area contributed by atoms with Crippen molar-refractivity contribution in [1.29, 1.82) is 0 Å². The van der Waals surface area contributed by atoms with E-state index in [9.17, 15) is 0 Å². The van der Waals surface area contributed by atoms with Gasteiger partial charge in [0.1, 0.15) is 0 Å². The van der Waals surface area contributed by atoms with Crippen LogP contribution in [-0.2, 0) is 11.3 Å². The Hall–Kier alpha value is -0.0900. The molecule has 0 spiro atoms. The number of hydrogen-bond acceptors (Lipinski definition) is 1. The summed E-state index contributed by atoms with van der Waals surface area (Å²) in [5.41, 5.74) is 1.50. The Morgan fingerprint density at radius 3 is 2.21 bits per heavy atom. The maximum Gasteiger partial charge on any atom is 0.0717 e. The lowest BCUT2D eigenvalue weighted by atomic mass is 9.99. The normalized spacial score (nSPS) is 11.7. The van der Waals surface area contributed by atoms with E-state index in [0.29, 0.717) is 6.61 Å². The molecule has 0 aliphatic carbocycles. The van der Waals surface area contributed by atoms with Crippen molar-refractivity contribution in [3.8, 4) is 0 Å². The number of halogens is 1. The zero-order chi connectivity index (χ0) is 10.6. The van der Waals surface area contributed by atoms with Crippen LogP contribution in [0.25, 0.3) is 0 Å². The van der Waals surface area contributed by atoms with Gasteiger partial charge in [0.25, 0.3) is 0 Å². The molecule has 0 aliphatic heterocycles. The van der Waals surface area contributed by atoms with Crippen LogP contribution in [-0.4, -0.2) is 6.61 Å². The molecule has 78 valence electrons. The van der Waals surface area contributed by atoms with E-state index in [-0.39, 0.29) is 5.41 Å². The molecule has 1 rings (SSSR count). The van der Waals surface area contributed by atoms with E-state index in [1.807, 2.05) is 0 Å². The van der Waals surface area contributed by atoms with Gasteiger partial charge in [0, 0.05) is 3.57 Å². The SMILES string of the molecule is CC(C)(C)COCc1ccc(I)cc1. The Labute approximate surface area is 100.0 Å². The molecule has 0 radical (unpaired) electrons. The van der Waals surface area contributed by atoms with Crippen molar-refractivity contribution in [1.82, 2.24) is 0 Å². The molecule has 0 N–H and O–H groups in total. The van der Waals surface area contributed by atoms with Gasteiger partial charge in [0.15, 0.2) is 0 Å². The molecule has 0 amide bonds. The van der Waals surface area contributed by atoms with E-state index >= 15 is 0 Å². The smallest absolute Gasteiger partial charge is 0.0717 e. The first-order chi connectivity index (χ1) is 6.47. The van der Waals surface area contributed by atoms with E-state index in [1.54, 1.807) is 0 Å². The lowest BCUT2D eigenvalue weighted by Crippen LogP contribution is -2.14. The molecule has 1 nitrogen and oxygen atoms in total. The number of ether oxygens (including phenoxy) is 1. The second-order valence-electron chi connectivity index (χ2n) is 4.68. The van der Waals surface area contributed by atoms with Gasteiger partial charge < -0.3 is 4.74 Å². The molecule has 0 saturated heterocycles. The fourth-order valence-electron chi connectivity index (χ4n) is 1.06. The molecule has 0 heterocycles. The minimum atomic E-state index is 0.253. The first-order valence-electron chi connectivity index (χ1n) is 4.79. The molecule has 0 fully saturated rings. The van der Waals surface area contributed by atoms with Gasteiger partial charge in [-0.15, -0.1) is 0 Å². The third kappa shape index (κ3) is 4.96. The van der Waals surface area contributed by atoms with E-state index in [0.717, 1.165) is 6.61 Å². The van der Waals surface area contributed by atoms with Crippen LogP contribution in [0.1, 0.15) is 26.3 Å². The van der Waals surface area contributed by atoms with Crippen molar-refractivity contribution in [3.05, 3.63) is 33.4 Å². The summed E-state index contributed by atoms with van der Waals surface area (Å²) in [6.07, 6.45) is 0. The largest absolute Gasteiger partial charge is 0.376 e. The van der Waals surface area contributed by atoms with Gasteiger partial charge in [-0.2, -0.15) is 0 Å². The number of rotatable bonds is 3. The van der Waals surface area contributed by atoms with Crippen molar-refractivity contribution >= 4 is 22.6 Å². The number of hydrogen-bond donors (Lipinski definition) is 0. The highest BCUT2D eigenvalue weighted by Gasteiger charge is 2.09. The molecule has 14 heavy (non-hydrogen) atoms. The van der Waals surface area contributed by atoms with Crippen LogP contribution >= 0.6 is 22.6 Å². The van der Waals surface area contributed by atoms with Crippen LogP contribution in [0.3, 0.4) is 0 Å². The lowest BCUT2D eigenvalue weighted by Gasteiger charge is -2.17. The van der Waals surface area contributed by atoms with Crippen molar-refractivity contribution in [2.75, 3.05) is 6.61 Å². The molecule has 0 unspecified atom stereocenters. The monoisotopic (exact) mass is 304 g/mol. The second kappa shape index (κ2) is 5.12. The summed E-state index contributed by atoms with van der Waals surface area (Å²) in [6.45, 7) is 8.07. The highest BCUT2D eigenvalue weighted by Crippen LogP contribution is 2.14. The molecule has 0 bridgehead atoms. The van der Waals surface area contributed by atoms with E-state index in [4.69, 9.17) is 4.74 Å². The maximum absolute atomic E-state index is 5.62. The van der Waals surface area contributed by atoms with E-state index in [2.05, 4.69) is 67.6 Å². The first-order valence-corrected chi connectivity index (χ1v) is 5.87. The second-order valence-corrected chi connectivity index (χ2v) is 5.93. The highest BCUT2D eigenvalue weighted by atomic mass is 127. The van der Waals surface area contributed by atoms with Crippen molar-refractivity contribution in [2.24, 2.45) is 5.41 Å². The molecule has 0 aliphatic rings. The fourth-order valence-corrected chi connectivity index (χ4v) is 1.42. The molecule has 0 atom stereocenters.